The molecular weight excluding hydrogens is 284 g/mol. The fraction of sp³-hybridized carbons (Fsp3) is 0.400. The molecule has 90 valence electrons. The average molecular weight is 296 g/mol. The lowest BCUT2D eigenvalue weighted by molar-refractivity contribution is 0.0147. The van der Waals surface area contributed by atoms with Crippen LogP contribution in [-0.2, 0) is 0 Å². The lowest BCUT2D eigenvalue weighted by Crippen LogP contribution is -2.22. The minimum Gasteiger partial charge on any atom is -0.390 e. The van der Waals surface area contributed by atoms with Crippen molar-refractivity contribution in [3.63, 3.8) is 0 Å². The maximum Gasteiger partial charge on any atom is 0.140 e. The van der Waals surface area contributed by atoms with Crippen molar-refractivity contribution in [2.45, 2.75) is 18.6 Å². The number of benzene rings is 1. The summed E-state index contributed by atoms with van der Waals surface area (Å²) in [4.78, 5) is 0. The number of aliphatic hydroxyl groups excluding tert-OH is 2. The molecule has 0 saturated heterocycles. The van der Waals surface area contributed by atoms with Gasteiger partial charge in [-0.25, -0.2) is 8.78 Å². The van der Waals surface area contributed by atoms with Gasteiger partial charge in [-0.3, -0.25) is 0 Å². The molecule has 0 heterocycles. The highest BCUT2D eigenvalue weighted by atomic mass is 79.9. The number of nitrogens with two attached hydrogens (primary N) is 1. The zero-order valence-electron chi connectivity index (χ0n) is 8.33. The van der Waals surface area contributed by atoms with Crippen molar-refractivity contribution in [1.82, 2.24) is 0 Å². The van der Waals surface area contributed by atoms with Crippen LogP contribution in [0.5, 0.6) is 0 Å². The summed E-state index contributed by atoms with van der Waals surface area (Å²) in [5.74, 6) is -1.65. The Morgan fingerprint density at radius 2 is 1.75 bits per heavy atom. The lowest BCUT2D eigenvalue weighted by atomic mass is 10.0. The van der Waals surface area contributed by atoms with E-state index in [-0.39, 0.29) is 23.0 Å². The molecule has 4 N–H and O–H groups in total. The Labute approximate surface area is 100 Å². The van der Waals surface area contributed by atoms with E-state index in [1.54, 1.807) is 0 Å². The van der Waals surface area contributed by atoms with Crippen molar-refractivity contribution in [3.05, 3.63) is 33.8 Å². The highest BCUT2D eigenvalue weighted by Crippen LogP contribution is 2.26. The van der Waals surface area contributed by atoms with E-state index >= 15 is 0 Å². The summed E-state index contributed by atoms with van der Waals surface area (Å²) in [7, 11) is 0. The fourth-order valence-electron chi connectivity index (χ4n) is 1.30. The number of hydrogen-bond acceptors (Lipinski definition) is 3. The number of rotatable bonds is 4. The number of aliphatic hydroxyl groups is 2. The topological polar surface area (TPSA) is 66.5 Å². The summed E-state index contributed by atoms with van der Waals surface area (Å²) < 4.78 is 26.0. The van der Waals surface area contributed by atoms with Gasteiger partial charge in [0.1, 0.15) is 17.7 Å². The van der Waals surface area contributed by atoms with Gasteiger partial charge in [-0.05, 0) is 46.6 Å². The van der Waals surface area contributed by atoms with Crippen LogP contribution in [0.25, 0.3) is 0 Å². The summed E-state index contributed by atoms with van der Waals surface area (Å²) >= 11 is 2.72. The van der Waals surface area contributed by atoms with E-state index in [0.29, 0.717) is 0 Å². The third-order valence-electron chi connectivity index (χ3n) is 2.17. The normalized spacial score (nSPS) is 14.9. The van der Waals surface area contributed by atoms with Gasteiger partial charge in [-0.2, -0.15) is 0 Å². The summed E-state index contributed by atoms with van der Waals surface area (Å²) in [6.45, 7) is 0.180. The smallest absolute Gasteiger partial charge is 0.140 e. The second kappa shape index (κ2) is 5.67. The number of halogens is 3. The van der Waals surface area contributed by atoms with Crippen molar-refractivity contribution in [1.29, 1.82) is 0 Å². The maximum absolute atomic E-state index is 13.1. The third-order valence-corrected chi connectivity index (χ3v) is 2.93. The largest absolute Gasteiger partial charge is 0.390 e. The molecule has 0 fully saturated rings. The Bertz CT molecular complexity index is 353. The Kier molecular flexibility index (Phi) is 4.79. The second-order valence-electron chi connectivity index (χ2n) is 3.39. The SMILES string of the molecule is NCCC(O)C(O)c1cc(F)c(Br)c(F)c1. The van der Waals surface area contributed by atoms with Crippen LogP contribution < -0.4 is 5.73 Å². The summed E-state index contributed by atoms with van der Waals surface area (Å²) in [5, 5.41) is 19.0. The van der Waals surface area contributed by atoms with Gasteiger partial charge in [0.15, 0.2) is 0 Å². The molecule has 2 atom stereocenters. The average Bonchev–Trinajstić information content (AvgIpc) is 2.24. The van der Waals surface area contributed by atoms with Crippen molar-refractivity contribution in [3.8, 4) is 0 Å². The quantitative estimate of drug-likeness (QED) is 0.737. The Morgan fingerprint density at radius 3 is 2.19 bits per heavy atom. The monoisotopic (exact) mass is 295 g/mol. The summed E-state index contributed by atoms with van der Waals surface area (Å²) in [5.41, 5.74) is 5.19. The zero-order valence-corrected chi connectivity index (χ0v) is 9.92. The first-order chi connectivity index (χ1) is 7.47. The molecule has 0 bridgehead atoms. The van der Waals surface area contributed by atoms with Gasteiger partial charge in [0.2, 0.25) is 0 Å². The van der Waals surface area contributed by atoms with Crippen LogP contribution in [0, 0.1) is 11.6 Å². The molecule has 0 spiro atoms. The maximum atomic E-state index is 13.1. The van der Waals surface area contributed by atoms with E-state index < -0.39 is 23.8 Å². The molecule has 0 radical (unpaired) electrons. The minimum atomic E-state index is -1.35. The van der Waals surface area contributed by atoms with Crippen LogP contribution in [0.3, 0.4) is 0 Å². The molecule has 0 aliphatic rings. The minimum absolute atomic E-state index is 0.0147. The highest BCUT2D eigenvalue weighted by Gasteiger charge is 2.20. The van der Waals surface area contributed by atoms with Gasteiger partial charge in [-0.1, -0.05) is 0 Å². The molecule has 1 aromatic rings. The second-order valence-corrected chi connectivity index (χ2v) is 4.18. The molecule has 16 heavy (non-hydrogen) atoms. The van der Waals surface area contributed by atoms with Crippen molar-refractivity contribution < 1.29 is 19.0 Å². The van der Waals surface area contributed by atoms with Crippen molar-refractivity contribution in [2.24, 2.45) is 5.73 Å². The van der Waals surface area contributed by atoms with E-state index in [4.69, 9.17) is 5.73 Å². The molecule has 0 aliphatic heterocycles. The van der Waals surface area contributed by atoms with Crippen LogP contribution in [0.1, 0.15) is 18.1 Å². The molecular formula is C10H12BrF2NO2. The summed E-state index contributed by atoms with van der Waals surface area (Å²) in [6.07, 6.45) is -2.33. The fourth-order valence-corrected chi connectivity index (χ4v) is 1.53. The van der Waals surface area contributed by atoms with Crippen molar-refractivity contribution in [2.75, 3.05) is 6.54 Å². The van der Waals surface area contributed by atoms with Gasteiger partial charge in [-0.15, -0.1) is 0 Å². The first kappa shape index (κ1) is 13.5. The lowest BCUT2D eigenvalue weighted by Gasteiger charge is -2.17. The van der Waals surface area contributed by atoms with Gasteiger partial charge in [0.05, 0.1) is 10.6 Å². The molecule has 0 aliphatic carbocycles. The van der Waals surface area contributed by atoms with Gasteiger partial charge >= 0.3 is 0 Å². The first-order valence-electron chi connectivity index (χ1n) is 4.68. The van der Waals surface area contributed by atoms with Gasteiger partial charge in [0, 0.05) is 0 Å². The van der Waals surface area contributed by atoms with E-state index in [2.05, 4.69) is 15.9 Å². The molecule has 6 heteroatoms. The van der Waals surface area contributed by atoms with E-state index in [9.17, 15) is 19.0 Å². The Hall–Kier alpha value is -0.560. The Balaban J connectivity index is 2.96. The zero-order chi connectivity index (χ0) is 12.3. The third kappa shape index (κ3) is 2.98. The van der Waals surface area contributed by atoms with Crippen LogP contribution in [0.4, 0.5) is 8.78 Å². The van der Waals surface area contributed by atoms with Crippen LogP contribution in [0.15, 0.2) is 16.6 Å². The van der Waals surface area contributed by atoms with Crippen LogP contribution >= 0.6 is 15.9 Å². The molecule has 0 amide bonds. The molecule has 1 rings (SSSR count). The van der Waals surface area contributed by atoms with Gasteiger partial charge in [0.25, 0.3) is 0 Å². The predicted octanol–water partition coefficient (Wildman–Crippen LogP) is 1.47. The Morgan fingerprint density at radius 1 is 1.25 bits per heavy atom. The highest BCUT2D eigenvalue weighted by molar-refractivity contribution is 9.10. The molecule has 0 saturated carbocycles. The van der Waals surface area contributed by atoms with Gasteiger partial charge < -0.3 is 15.9 Å². The first-order valence-corrected chi connectivity index (χ1v) is 5.47. The predicted molar refractivity (Wildman–Crippen MR) is 58.7 cm³/mol. The standard InChI is InChI=1S/C10H12BrF2NO2/c11-9-6(12)3-5(4-7(9)13)10(16)8(15)1-2-14/h3-4,8,10,15-16H,1-2,14H2. The van der Waals surface area contributed by atoms with E-state index in [1.807, 2.05) is 0 Å². The van der Waals surface area contributed by atoms with E-state index in [0.717, 1.165) is 12.1 Å². The molecule has 1 aromatic carbocycles. The molecule has 3 nitrogen and oxygen atoms in total. The van der Waals surface area contributed by atoms with Crippen LogP contribution in [-0.4, -0.2) is 22.9 Å². The molecule has 0 aromatic heterocycles. The molecule has 2 unspecified atom stereocenters. The van der Waals surface area contributed by atoms with E-state index in [1.165, 1.54) is 0 Å². The van der Waals surface area contributed by atoms with Crippen LogP contribution in [0.2, 0.25) is 0 Å². The summed E-state index contributed by atoms with van der Waals surface area (Å²) in [6, 6.07) is 1.94. The number of hydrogen-bond donors (Lipinski definition) is 3. The van der Waals surface area contributed by atoms with Crippen molar-refractivity contribution >= 4 is 15.9 Å².